The van der Waals surface area contributed by atoms with Crippen molar-refractivity contribution in [1.82, 2.24) is 10.9 Å². The molecular weight excluding hydrogens is 476 g/mol. The molecule has 0 saturated heterocycles. The molecule has 2 atom stereocenters. The van der Waals surface area contributed by atoms with Gasteiger partial charge < -0.3 is 0 Å². The summed E-state index contributed by atoms with van der Waals surface area (Å²) in [5, 5.41) is 7.87. The van der Waals surface area contributed by atoms with Crippen LogP contribution >= 0.6 is 31.9 Å². The second kappa shape index (κ2) is 9.05. The van der Waals surface area contributed by atoms with E-state index >= 15 is 0 Å². The van der Waals surface area contributed by atoms with Gasteiger partial charge in [-0.3, -0.25) is 9.59 Å². The minimum absolute atomic E-state index is 0.266. The van der Waals surface area contributed by atoms with Crippen molar-refractivity contribution in [2.24, 2.45) is 22.0 Å². The molecule has 0 bridgehead atoms. The molecule has 1 saturated carbocycles. The first-order chi connectivity index (χ1) is 13.0. The molecule has 1 aliphatic rings. The highest BCUT2D eigenvalue weighted by Gasteiger charge is 2.48. The van der Waals surface area contributed by atoms with E-state index in [0.29, 0.717) is 6.42 Å². The molecule has 2 aromatic carbocycles. The lowest BCUT2D eigenvalue weighted by atomic mass is 10.2. The normalized spacial score (nSPS) is 18.6. The summed E-state index contributed by atoms with van der Waals surface area (Å²) in [6.07, 6.45) is 3.61. The zero-order chi connectivity index (χ0) is 19.2. The second-order valence-electron chi connectivity index (χ2n) is 6.03. The van der Waals surface area contributed by atoms with Crippen LogP contribution in [0, 0.1) is 11.8 Å². The zero-order valence-corrected chi connectivity index (χ0v) is 17.3. The Morgan fingerprint density at radius 1 is 0.852 bits per heavy atom. The molecular formula is C19H16Br2N4O2. The van der Waals surface area contributed by atoms with E-state index in [1.807, 2.05) is 48.5 Å². The fourth-order valence-electron chi connectivity index (χ4n) is 2.46. The Morgan fingerprint density at radius 2 is 1.30 bits per heavy atom. The third-order valence-corrected chi connectivity index (χ3v) is 4.92. The van der Waals surface area contributed by atoms with Crippen LogP contribution < -0.4 is 10.9 Å². The smallest absolute Gasteiger partial charge is 0.244 e. The molecule has 2 aromatic rings. The number of amides is 2. The Bertz CT molecular complexity index is 841. The Balaban J connectivity index is 1.44. The van der Waals surface area contributed by atoms with Gasteiger partial charge in [-0.05, 0) is 41.8 Å². The molecule has 0 aliphatic heterocycles. The predicted molar refractivity (Wildman–Crippen MR) is 111 cm³/mol. The van der Waals surface area contributed by atoms with Gasteiger partial charge in [-0.2, -0.15) is 10.2 Å². The standard InChI is InChI=1S/C19H16Br2N4O2/c20-14-5-1-3-12(7-14)10-22-24-18(26)16-9-17(16)19(27)25-23-11-13-4-2-6-15(21)8-13/h1-8,10-11,16-17H,9H2,(H,24,26)(H,25,27)/t16-,17-/m1/s1. The molecule has 8 heteroatoms. The quantitative estimate of drug-likeness (QED) is 0.479. The second-order valence-corrected chi connectivity index (χ2v) is 7.86. The van der Waals surface area contributed by atoms with E-state index in [9.17, 15) is 9.59 Å². The molecule has 2 amide bonds. The van der Waals surface area contributed by atoms with Crippen LogP contribution in [0.3, 0.4) is 0 Å². The molecule has 27 heavy (non-hydrogen) atoms. The predicted octanol–water partition coefficient (Wildman–Crippen LogP) is 3.45. The number of carbonyl (C=O) groups excluding carboxylic acids is 2. The average molecular weight is 492 g/mol. The number of hydrogen-bond acceptors (Lipinski definition) is 4. The molecule has 0 heterocycles. The number of hydrazone groups is 2. The monoisotopic (exact) mass is 490 g/mol. The molecule has 0 radical (unpaired) electrons. The Hall–Kier alpha value is -2.32. The third kappa shape index (κ3) is 5.83. The van der Waals surface area contributed by atoms with Crippen molar-refractivity contribution in [3.63, 3.8) is 0 Å². The number of hydrogen-bond donors (Lipinski definition) is 2. The first kappa shape index (κ1) is 19.4. The van der Waals surface area contributed by atoms with Crippen LogP contribution in [-0.4, -0.2) is 24.2 Å². The van der Waals surface area contributed by atoms with Crippen LogP contribution in [0.5, 0.6) is 0 Å². The minimum Gasteiger partial charge on any atom is -0.273 e. The summed E-state index contributed by atoms with van der Waals surface area (Å²) in [6, 6.07) is 15.1. The summed E-state index contributed by atoms with van der Waals surface area (Å²) in [6.45, 7) is 0. The molecule has 0 unspecified atom stereocenters. The summed E-state index contributed by atoms with van der Waals surface area (Å²) in [5.41, 5.74) is 6.67. The van der Waals surface area contributed by atoms with Crippen LogP contribution in [0.1, 0.15) is 17.5 Å². The van der Waals surface area contributed by atoms with Crippen molar-refractivity contribution >= 4 is 56.1 Å². The van der Waals surface area contributed by atoms with Gasteiger partial charge in [0.15, 0.2) is 0 Å². The van der Waals surface area contributed by atoms with Gasteiger partial charge >= 0.3 is 0 Å². The van der Waals surface area contributed by atoms with Gasteiger partial charge in [0.25, 0.3) is 0 Å². The highest BCUT2D eigenvalue weighted by Crippen LogP contribution is 2.38. The fourth-order valence-corrected chi connectivity index (χ4v) is 3.29. The van der Waals surface area contributed by atoms with Crippen LogP contribution in [0.25, 0.3) is 0 Å². The maximum Gasteiger partial charge on any atom is 0.244 e. The van der Waals surface area contributed by atoms with E-state index in [-0.39, 0.29) is 23.7 Å². The van der Waals surface area contributed by atoms with Gasteiger partial charge in [0.2, 0.25) is 11.8 Å². The van der Waals surface area contributed by atoms with E-state index in [2.05, 4.69) is 52.9 Å². The van der Waals surface area contributed by atoms with E-state index in [1.165, 1.54) is 0 Å². The maximum absolute atomic E-state index is 12.1. The Morgan fingerprint density at radius 3 is 1.70 bits per heavy atom. The number of nitrogens with one attached hydrogen (secondary N) is 2. The molecule has 6 nitrogen and oxygen atoms in total. The van der Waals surface area contributed by atoms with Crippen molar-refractivity contribution in [2.45, 2.75) is 6.42 Å². The van der Waals surface area contributed by atoms with Gasteiger partial charge in [0, 0.05) is 8.95 Å². The van der Waals surface area contributed by atoms with Crippen molar-refractivity contribution in [3.8, 4) is 0 Å². The van der Waals surface area contributed by atoms with Crippen molar-refractivity contribution < 1.29 is 9.59 Å². The number of nitrogens with zero attached hydrogens (tertiary/aromatic N) is 2. The number of rotatable bonds is 6. The van der Waals surface area contributed by atoms with Gasteiger partial charge in [-0.25, -0.2) is 10.9 Å². The SMILES string of the molecule is O=C(NN=Cc1cccc(Br)c1)[C@@H]1C[C@H]1C(=O)NN=Cc1cccc(Br)c1. The number of benzene rings is 2. The first-order valence-corrected chi connectivity index (χ1v) is 9.78. The van der Waals surface area contributed by atoms with E-state index in [1.54, 1.807) is 12.4 Å². The van der Waals surface area contributed by atoms with E-state index in [4.69, 9.17) is 0 Å². The van der Waals surface area contributed by atoms with Crippen molar-refractivity contribution in [2.75, 3.05) is 0 Å². The summed E-state index contributed by atoms with van der Waals surface area (Å²) in [4.78, 5) is 24.1. The lowest BCUT2D eigenvalue weighted by Crippen LogP contribution is -2.25. The lowest BCUT2D eigenvalue weighted by Gasteiger charge is -2.00. The summed E-state index contributed by atoms with van der Waals surface area (Å²) in [7, 11) is 0. The summed E-state index contributed by atoms with van der Waals surface area (Å²) >= 11 is 6.74. The Labute approximate surface area is 173 Å². The summed E-state index contributed by atoms with van der Waals surface area (Å²) in [5.74, 6) is -1.27. The molecule has 3 rings (SSSR count). The molecule has 0 spiro atoms. The van der Waals surface area contributed by atoms with Crippen molar-refractivity contribution in [1.29, 1.82) is 0 Å². The van der Waals surface area contributed by atoms with E-state index < -0.39 is 0 Å². The average Bonchev–Trinajstić information content (AvgIpc) is 3.43. The Kier molecular flexibility index (Phi) is 6.52. The number of halogens is 2. The molecule has 0 aromatic heterocycles. The summed E-state index contributed by atoms with van der Waals surface area (Å²) < 4.78 is 1.86. The highest BCUT2D eigenvalue weighted by atomic mass is 79.9. The van der Waals surface area contributed by atoms with Crippen LogP contribution in [0.15, 0.2) is 67.7 Å². The zero-order valence-electron chi connectivity index (χ0n) is 14.1. The molecule has 2 N–H and O–H groups in total. The van der Waals surface area contributed by atoms with Gasteiger partial charge in [0.05, 0.1) is 24.3 Å². The van der Waals surface area contributed by atoms with Crippen LogP contribution in [0.2, 0.25) is 0 Å². The van der Waals surface area contributed by atoms with Crippen molar-refractivity contribution in [3.05, 3.63) is 68.6 Å². The lowest BCUT2D eigenvalue weighted by molar-refractivity contribution is -0.127. The molecule has 138 valence electrons. The third-order valence-electron chi connectivity index (χ3n) is 3.94. The van der Waals surface area contributed by atoms with Gasteiger partial charge in [-0.1, -0.05) is 56.1 Å². The van der Waals surface area contributed by atoms with E-state index in [0.717, 1.165) is 20.1 Å². The first-order valence-electron chi connectivity index (χ1n) is 8.20. The van der Waals surface area contributed by atoms with Crippen LogP contribution in [0.4, 0.5) is 0 Å². The topological polar surface area (TPSA) is 82.9 Å². The highest BCUT2D eigenvalue weighted by molar-refractivity contribution is 9.10. The maximum atomic E-state index is 12.1. The molecule has 1 fully saturated rings. The number of carbonyl (C=O) groups is 2. The fraction of sp³-hybridized carbons (Fsp3) is 0.158. The van der Waals surface area contributed by atoms with Gasteiger partial charge in [0.1, 0.15) is 0 Å². The van der Waals surface area contributed by atoms with Gasteiger partial charge in [-0.15, -0.1) is 0 Å². The minimum atomic E-state index is -0.370. The van der Waals surface area contributed by atoms with Crippen LogP contribution in [-0.2, 0) is 9.59 Å². The largest absolute Gasteiger partial charge is 0.273 e. The molecule has 1 aliphatic carbocycles.